The molecule has 3 rings (SSSR count). The summed E-state index contributed by atoms with van der Waals surface area (Å²) in [4.78, 5) is 19.4. The Hall–Kier alpha value is -1.68. The zero-order valence-corrected chi connectivity index (χ0v) is 10.1. The third kappa shape index (κ3) is 1.96. The molecule has 0 fully saturated rings. The number of Topliss-reactive ketones (excluding diaryl/α,β-unsaturated/α-hetero) is 1. The van der Waals surface area contributed by atoms with Crippen LogP contribution in [0.2, 0.25) is 0 Å². The Labute approximate surface area is 104 Å². The number of benzene rings is 1. The van der Waals surface area contributed by atoms with Crippen LogP contribution in [0.15, 0.2) is 36.0 Å². The second kappa shape index (κ2) is 4.30. The first-order chi connectivity index (χ1) is 8.34. The number of carbonyl (C=O) groups excluding carboxylic acids is 1. The van der Waals surface area contributed by atoms with E-state index in [0.29, 0.717) is 6.42 Å². The molecule has 2 aromatic rings. The number of ketones is 1. The number of thiazole rings is 1. The summed E-state index contributed by atoms with van der Waals surface area (Å²) in [5.74, 6) is 0.251. The van der Waals surface area contributed by atoms with Gasteiger partial charge in [-0.2, -0.15) is 0 Å². The average Bonchev–Trinajstić information content (AvgIpc) is 2.86. The molecule has 0 bridgehead atoms. The molecule has 1 aromatic heterocycles. The lowest BCUT2D eigenvalue weighted by molar-refractivity contribution is 0.0979. The summed E-state index contributed by atoms with van der Waals surface area (Å²) in [6.45, 7) is 1.64. The Kier molecular flexibility index (Phi) is 2.65. The van der Waals surface area contributed by atoms with Crippen LogP contribution in [0.4, 0.5) is 5.69 Å². The molecule has 3 nitrogen and oxygen atoms in total. The second-order valence-corrected chi connectivity index (χ2v) is 5.05. The van der Waals surface area contributed by atoms with E-state index >= 15 is 0 Å². The first-order valence-electron chi connectivity index (χ1n) is 5.59. The number of fused-ring (bicyclic) bond motifs is 1. The van der Waals surface area contributed by atoms with Crippen molar-refractivity contribution in [2.75, 3.05) is 11.4 Å². The summed E-state index contributed by atoms with van der Waals surface area (Å²) in [5, 5.41) is 0. The monoisotopic (exact) mass is 244 g/mol. The number of anilines is 1. The minimum atomic E-state index is 0.251. The second-order valence-electron chi connectivity index (χ2n) is 4.08. The zero-order chi connectivity index (χ0) is 11.7. The molecule has 0 spiro atoms. The third-order valence-electron chi connectivity index (χ3n) is 2.98. The van der Waals surface area contributed by atoms with Gasteiger partial charge in [0.05, 0.1) is 12.1 Å². The summed E-state index contributed by atoms with van der Waals surface area (Å²) in [7, 11) is 0. The number of hydrogen-bond acceptors (Lipinski definition) is 4. The molecule has 1 aromatic carbocycles. The van der Waals surface area contributed by atoms with E-state index in [1.165, 1.54) is 4.88 Å². The molecule has 86 valence electrons. The Balaban J connectivity index is 1.93. The summed E-state index contributed by atoms with van der Waals surface area (Å²) < 4.78 is 0. The highest BCUT2D eigenvalue weighted by molar-refractivity contribution is 7.09. The highest BCUT2D eigenvalue weighted by Crippen LogP contribution is 2.28. The Morgan fingerprint density at radius 3 is 3.06 bits per heavy atom. The first-order valence-corrected chi connectivity index (χ1v) is 6.47. The van der Waals surface area contributed by atoms with Crippen molar-refractivity contribution in [3.05, 3.63) is 46.4 Å². The molecule has 0 aliphatic carbocycles. The maximum absolute atomic E-state index is 11.8. The molecule has 1 aliphatic heterocycles. The van der Waals surface area contributed by atoms with Gasteiger partial charge < -0.3 is 4.90 Å². The molecule has 0 saturated carbocycles. The topological polar surface area (TPSA) is 33.2 Å². The fourth-order valence-electron chi connectivity index (χ4n) is 2.15. The van der Waals surface area contributed by atoms with Crippen molar-refractivity contribution in [2.24, 2.45) is 0 Å². The largest absolute Gasteiger partial charge is 0.365 e. The van der Waals surface area contributed by atoms with Gasteiger partial charge in [-0.3, -0.25) is 9.78 Å². The van der Waals surface area contributed by atoms with Crippen LogP contribution < -0.4 is 4.90 Å². The van der Waals surface area contributed by atoms with Gasteiger partial charge in [0, 0.05) is 35.3 Å². The van der Waals surface area contributed by atoms with E-state index in [2.05, 4.69) is 9.88 Å². The van der Waals surface area contributed by atoms with Crippen LogP contribution in [0.3, 0.4) is 0 Å². The van der Waals surface area contributed by atoms with Gasteiger partial charge in [0.15, 0.2) is 5.78 Å². The van der Waals surface area contributed by atoms with Crippen molar-refractivity contribution in [1.29, 1.82) is 0 Å². The molecule has 0 radical (unpaired) electrons. The molecule has 0 atom stereocenters. The normalized spacial score (nSPS) is 14.8. The van der Waals surface area contributed by atoms with E-state index in [0.717, 1.165) is 24.3 Å². The van der Waals surface area contributed by atoms with E-state index in [1.54, 1.807) is 11.3 Å². The van der Waals surface area contributed by atoms with Crippen LogP contribution in [0.5, 0.6) is 0 Å². The van der Waals surface area contributed by atoms with Crippen molar-refractivity contribution in [1.82, 2.24) is 4.98 Å². The smallest absolute Gasteiger partial charge is 0.166 e. The minimum absolute atomic E-state index is 0.251. The Morgan fingerprint density at radius 2 is 2.24 bits per heavy atom. The van der Waals surface area contributed by atoms with Gasteiger partial charge in [-0.05, 0) is 12.1 Å². The highest BCUT2D eigenvalue weighted by Gasteiger charge is 2.22. The average molecular weight is 244 g/mol. The lowest BCUT2D eigenvalue weighted by Gasteiger charge is -2.29. The van der Waals surface area contributed by atoms with Gasteiger partial charge in [-0.1, -0.05) is 12.1 Å². The minimum Gasteiger partial charge on any atom is -0.365 e. The SMILES string of the molecule is O=C1CCN(Cc2cncs2)c2ccccc21. The van der Waals surface area contributed by atoms with Crippen LogP contribution in [0.25, 0.3) is 0 Å². The van der Waals surface area contributed by atoms with E-state index in [1.807, 2.05) is 36.0 Å². The van der Waals surface area contributed by atoms with Crippen LogP contribution in [0.1, 0.15) is 21.7 Å². The van der Waals surface area contributed by atoms with Crippen molar-refractivity contribution >= 4 is 22.8 Å². The molecular formula is C13H12N2OS. The summed E-state index contributed by atoms with van der Waals surface area (Å²) >= 11 is 1.65. The Morgan fingerprint density at radius 1 is 1.35 bits per heavy atom. The summed E-state index contributed by atoms with van der Waals surface area (Å²) in [6, 6.07) is 7.84. The van der Waals surface area contributed by atoms with Gasteiger partial charge >= 0.3 is 0 Å². The van der Waals surface area contributed by atoms with Crippen LogP contribution in [-0.4, -0.2) is 17.3 Å². The molecule has 0 amide bonds. The lowest BCUT2D eigenvalue weighted by Crippen LogP contribution is -2.31. The maximum atomic E-state index is 11.8. The first kappa shape index (κ1) is 10.5. The van der Waals surface area contributed by atoms with Gasteiger partial charge in [-0.25, -0.2) is 0 Å². The molecular weight excluding hydrogens is 232 g/mol. The Bertz CT molecular complexity index is 536. The molecule has 17 heavy (non-hydrogen) atoms. The quantitative estimate of drug-likeness (QED) is 0.814. The lowest BCUT2D eigenvalue weighted by atomic mass is 10.0. The van der Waals surface area contributed by atoms with Crippen LogP contribution in [-0.2, 0) is 6.54 Å². The molecule has 4 heteroatoms. The van der Waals surface area contributed by atoms with E-state index in [9.17, 15) is 4.79 Å². The van der Waals surface area contributed by atoms with Gasteiger partial charge in [0.2, 0.25) is 0 Å². The van der Waals surface area contributed by atoms with Gasteiger partial charge in [0.25, 0.3) is 0 Å². The summed E-state index contributed by atoms with van der Waals surface area (Å²) in [6.07, 6.45) is 2.50. The predicted octanol–water partition coefficient (Wildman–Crippen LogP) is 2.74. The van der Waals surface area contributed by atoms with Gasteiger partial charge in [0.1, 0.15) is 0 Å². The molecule has 0 saturated heterocycles. The number of nitrogens with zero attached hydrogens (tertiary/aromatic N) is 2. The van der Waals surface area contributed by atoms with E-state index < -0.39 is 0 Å². The van der Waals surface area contributed by atoms with Gasteiger partial charge in [-0.15, -0.1) is 11.3 Å². The number of hydrogen-bond donors (Lipinski definition) is 0. The van der Waals surface area contributed by atoms with Crippen LogP contribution >= 0.6 is 11.3 Å². The summed E-state index contributed by atoms with van der Waals surface area (Å²) in [5.41, 5.74) is 3.75. The standard InChI is InChI=1S/C13H12N2OS/c16-13-5-6-15(8-10-7-14-9-17-10)12-4-2-1-3-11(12)13/h1-4,7,9H,5-6,8H2. The number of carbonyl (C=O) groups is 1. The fraction of sp³-hybridized carbons (Fsp3) is 0.231. The number of rotatable bonds is 2. The number of aromatic nitrogens is 1. The van der Waals surface area contributed by atoms with E-state index in [4.69, 9.17) is 0 Å². The highest BCUT2D eigenvalue weighted by atomic mass is 32.1. The molecule has 0 N–H and O–H groups in total. The maximum Gasteiger partial charge on any atom is 0.166 e. The third-order valence-corrected chi connectivity index (χ3v) is 3.75. The van der Waals surface area contributed by atoms with Crippen molar-refractivity contribution in [3.8, 4) is 0 Å². The molecule has 0 unspecified atom stereocenters. The molecule has 2 heterocycles. The van der Waals surface area contributed by atoms with Crippen molar-refractivity contribution in [3.63, 3.8) is 0 Å². The molecule has 1 aliphatic rings. The fourth-order valence-corrected chi connectivity index (χ4v) is 2.76. The van der Waals surface area contributed by atoms with Crippen LogP contribution in [0, 0.1) is 0 Å². The predicted molar refractivity (Wildman–Crippen MR) is 68.6 cm³/mol. The van der Waals surface area contributed by atoms with E-state index in [-0.39, 0.29) is 5.78 Å². The number of para-hydroxylation sites is 1. The van der Waals surface area contributed by atoms with Crippen molar-refractivity contribution in [2.45, 2.75) is 13.0 Å². The zero-order valence-electron chi connectivity index (χ0n) is 9.30. The van der Waals surface area contributed by atoms with Crippen molar-refractivity contribution < 1.29 is 4.79 Å².